The van der Waals surface area contributed by atoms with E-state index < -0.39 is 0 Å². The lowest BCUT2D eigenvalue weighted by molar-refractivity contribution is 1.37. The Morgan fingerprint density at radius 3 is 1.67 bits per heavy atom. The van der Waals surface area contributed by atoms with Gasteiger partial charge in [0.25, 0.3) is 0 Å². The second-order valence-corrected chi connectivity index (χ2v) is 8.24. The maximum Gasteiger partial charge on any atom is 0.206 e. The Hall–Kier alpha value is -4.80. The predicted molar refractivity (Wildman–Crippen MR) is 131 cm³/mol. The second-order valence-electron chi connectivity index (χ2n) is 8.24. The third kappa shape index (κ3) is 2.75. The highest BCUT2D eigenvalue weighted by molar-refractivity contribution is 6.21. The van der Waals surface area contributed by atoms with Gasteiger partial charge in [-0.25, -0.2) is 0 Å². The molecule has 6 aromatic rings. The third-order valence-electron chi connectivity index (χ3n) is 6.41. The lowest BCUT2D eigenvalue weighted by Gasteiger charge is -2.03. The van der Waals surface area contributed by atoms with Crippen molar-refractivity contribution < 1.29 is 0 Å². The molecule has 0 saturated carbocycles. The van der Waals surface area contributed by atoms with E-state index in [1.165, 1.54) is 5.56 Å². The summed E-state index contributed by atoms with van der Waals surface area (Å²) >= 11 is 0. The van der Waals surface area contributed by atoms with Gasteiger partial charge in [-0.3, -0.25) is 0 Å². The van der Waals surface area contributed by atoms with Gasteiger partial charge in [-0.2, -0.15) is 20.5 Å². The minimum absolute atomic E-state index is 0.683. The fourth-order valence-electron chi connectivity index (χ4n) is 4.89. The van der Waals surface area contributed by atoms with Crippen molar-refractivity contribution in [3.63, 3.8) is 0 Å². The van der Waals surface area contributed by atoms with Crippen molar-refractivity contribution >= 4 is 43.1 Å². The predicted octanol–water partition coefficient (Wildman–Crippen LogP) is 5.91. The first kappa shape index (κ1) is 18.9. The molecule has 0 aromatic heterocycles. The standard InChI is InChI=1S/C29H16N4/c1-17-6-8-18(9-7-17)19-10-11-21-24-14-26-23(13-27(24)29(33-16-31)25(21)12-19)20-4-2-3-5-22(20)28(26)32-15-30/h2-14H,1H3. The molecule has 6 aromatic carbocycles. The Bertz CT molecular complexity index is 1940. The van der Waals surface area contributed by atoms with Gasteiger partial charge < -0.3 is 0 Å². The average Bonchev–Trinajstić information content (AvgIpc) is 3.31. The first-order valence-electron chi connectivity index (χ1n) is 10.6. The number of aryl methyl sites for hydroxylation is 1. The molecular formula is C29H16N4. The van der Waals surface area contributed by atoms with Crippen LogP contribution in [0.3, 0.4) is 0 Å². The molecule has 0 aliphatic carbocycles. The molecule has 152 valence electrons. The highest BCUT2D eigenvalue weighted by Gasteiger charge is 2.15. The van der Waals surface area contributed by atoms with Crippen molar-refractivity contribution in [3.05, 3.63) is 95.1 Å². The van der Waals surface area contributed by atoms with Gasteiger partial charge in [-0.1, -0.05) is 66.2 Å². The zero-order valence-corrected chi connectivity index (χ0v) is 17.8. The SMILES string of the molecule is Cc1ccc(-c2ccc3c(c2)c(=NC#N)c2cc4c(cc23)c(=NC#N)c2ccccc24)cc1. The van der Waals surface area contributed by atoms with Crippen LogP contribution >= 0.6 is 0 Å². The molecule has 0 heterocycles. The summed E-state index contributed by atoms with van der Waals surface area (Å²) in [6.45, 7) is 2.07. The van der Waals surface area contributed by atoms with Crippen molar-refractivity contribution in [2.75, 3.05) is 0 Å². The lowest BCUT2D eigenvalue weighted by atomic mass is 10.0. The first-order valence-corrected chi connectivity index (χ1v) is 10.6. The van der Waals surface area contributed by atoms with Crippen LogP contribution in [-0.2, 0) is 0 Å². The van der Waals surface area contributed by atoms with Crippen molar-refractivity contribution in [1.29, 1.82) is 10.5 Å². The van der Waals surface area contributed by atoms with Crippen LogP contribution in [0.15, 0.2) is 88.8 Å². The van der Waals surface area contributed by atoms with Crippen molar-refractivity contribution in [2.24, 2.45) is 9.98 Å². The summed E-state index contributed by atoms with van der Waals surface area (Å²) in [5.41, 5.74) is 3.41. The molecule has 0 fully saturated rings. The monoisotopic (exact) mass is 420 g/mol. The van der Waals surface area contributed by atoms with Gasteiger partial charge in [0.05, 0.1) is 10.7 Å². The van der Waals surface area contributed by atoms with Crippen LogP contribution in [0.2, 0.25) is 0 Å². The largest absolute Gasteiger partial charge is 0.206 e. The summed E-state index contributed by atoms with van der Waals surface area (Å²) in [6, 6.07) is 26.9. The van der Waals surface area contributed by atoms with Crippen LogP contribution in [0.5, 0.6) is 0 Å². The van der Waals surface area contributed by atoms with Crippen LogP contribution in [0.25, 0.3) is 54.2 Å². The highest BCUT2D eigenvalue weighted by Crippen LogP contribution is 2.33. The van der Waals surface area contributed by atoms with E-state index in [0.29, 0.717) is 10.7 Å². The minimum atomic E-state index is 0.683. The molecular weight excluding hydrogens is 404 g/mol. The van der Waals surface area contributed by atoms with Gasteiger partial charge in [0.15, 0.2) is 0 Å². The Morgan fingerprint density at radius 2 is 1.03 bits per heavy atom. The van der Waals surface area contributed by atoms with E-state index in [4.69, 9.17) is 0 Å². The van der Waals surface area contributed by atoms with Gasteiger partial charge in [-0.05, 0) is 57.8 Å². The average molecular weight is 420 g/mol. The first-order chi connectivity index (χ1) is 16.2. The van der Waals surface area contributed by atoms with Gasteiger partial charge in [0.1, 0.15) is 0 Å². The summed E-state index contributed by atoms with van der Waals surface area (Å²) in [4.78, 5) is 8.38. The number of nitriles is 2. The fraction of sp³-hybridized carbons (Fsp3) is 0.0345. The Labute approximate surface area is 189 Å². The Morgan fingerprint density at radius 1 is 0.515 bits per heavy atom. The number of nitrogens with zero attached hydrogens (tertiary/aromatic N) is 4. The quantitative estimate of drug-likeness (QED) is 0.310. The van der Waals surface area contributed by atoms with Crippen LogP contribution in [0, 0.1) is 29.8 Å². The molecule has 4 nitrogen and oxygen atoms in total. The number of rotatable bonds is 1. The number of hydrogen-bond donors (Lipinski definition) is 0. The molecule has 0 spiro atoms. The maximum atomic E-state index is 9.47. The van der Waals surface area contributed by atoms with Crippen LogP contribution in [0.4, 0.5) is 0 Å². The zero-order chi connectivity index (χ0) is 22.5. The van der Waals surface area contributed by atoms with E-state index >= 15 is 0 Å². The number of hydrogen-bond acceptors (Lipinski definition) is 4. The molecule has 0 unspecified atom stereocenters. The van der Waals surface area contributed by atoms with Gasteiger partial charge >= 0.3 is 0 Å². The number of fused-ring (bicyclic) bond motifs is 6. The van der Waals surface area contributed by atoms with Crippen LogP contribution < -0.4 is 10.7 Å². The van der Waals surface area contributed by atoms with Crippen molar-refractivity contribution in [1.82, 2.24) is 0 Å². The van der Waals surface area contributed by atoms with E-state index in [1.807, 2.05) is 36.7 Å². The van der Waals surface area contributed by atoms with Gasteiger partial charge in [-0.15, -0.1) is 0 Å². The van der Waals surface area contributed by atoms with Crippen molar-refractivity contribution in [3.8, 4) is 23.5 Å². The molecule has 0 N–H and O–H groups in total. The summed E-state index contributed by atoms with van der Waals surface area (Å²) in [5.74, 6) is 0. The molecule has 33 heavy (non-hydrogen) atoms. The highest BCUT2D eigenvalue weighted by atomic mass is 14.7. The van der Waals surface area contributed by atoms with Gasteiger partial charge in [0, 0.05) is 21.5 Å². The second kappa shape index (κ2) is 7.12. The topological polar surface area (TPSA) is 72.3 Å². The van der Waals surface area contributed by atoms with Crippen LogP contribution in [0.1, 0.15) is 5.56 Å². The van der Waals surface area contributed by atoms with E-state index in [0.717, 1.165) is 54.2 Å². The molecule has 0 bridgehead atoms. The zero-order valence-electron chi connectivity index (χ0n) is 17.8. The normalized spacial score (nSPS) is 12.7. The Kier molecular flexibility index (Phi) is 4.09. The molecule has 4 heteroatoms. The van der Waals surface area contributed by atoms with Crippen molar-refractivity contribution in [2.45, 2.75) is 6.92 Å². The molecule has 0 saturated heterocycles. The number of benzene rings is 4. The summed E-state index contributed by atoms with van der Waals surface area (Å²) < 4.78 is 0. The summed E-state index contributed by atoms with van der Waals surface area (Å²) in [6.07, 6.45) is 3.95. The minimum Gasteiger partial charge on any atom is -0.172 e. The summed E-state index contributed by atoms with van der Waals surface area (Å²) in [5, 5.41) is 28.0. The van der Waals surface area contributed by atoms with E-state index in [-0.39, 0.29) is 0 Å². The Balaban J connectivity index is 1.77. The van der Waals surface area contributed by atoms with Gasteiger partial charge in [0.2, 0.25) is 12.4 Å². The van der Waals surface area contributed by atoms with E-state index in [9.17, 15) is 10.5 Å². The molecule has 0 atom stereocenters. The molecule has 0 amide bonds. The molecule has 0 aliphatic heterocycles. The molecule has 0 aliphatic rings. The maximum absolute atomic E-state index is 9.47. The van der Waals surface area contributed by atoms with Crippen LogP contribution in [-0.4, -0.2) is 0 Å². The third-order valence-corrected chi connectivity index (χ3v) is 6.41. The van der Waals surface area contributed by atoms with E-state index in [2.05, 4.69) is 71.5 Å². The molecule has 6 rings (SSSR count). The smallest absolute Gasteiger partial charge is 0.172 e. The lowest BCUT2D eigenvalue weighted by Crippen LogP contribution is -1.99. The van der Waals surface area contributed by atoms with E-state index in [1.54, 1.807) is 0 Å². The fourth-order valence-corrected chi connectivity index (χ4v) is 4.89. The molecule has 0 radical (unpaired) electrons. The summed E-state index contributed by atoms with van der Waals surface area (Å²) in [7, 11) is 0.